The Balaban J connectivity index is 1.64. The second kappa shape index (κ2) is 12.1. The minimum atomic E-state index is -3.86. The summed E-state index contributed by atoms with van der Waals surface area (Å²) >= 11 is 0. The Kier molecular flexibility index (Phi) is 8.55. The third-order valence-electron chi connectivity index (χ3n) is 8.52. The number of aromatic nitrogens is 1. The van der Waals surface area contributed by atoms with Gasteiger partial charge in [-0.2, -0.15) is 0 Å². The fourth-order valence-corrected chi connectivity index (χ4v) is 13.1. The van der Waals surface area contributed by atoms with E-state index < -0.39 is 30.2 Å². The molecule has 0 bridgehead atoms. The van der Waals surface area contributed by atoms with E-state index in [0.717, 1.165) is 10.3 Å². The molecule has 2 amide bonds. The highest BCUT2D eigenvalue weighted by molar-refractivity contribution is 7.90. The molecule has 44 heavy (non-hydrogen) atoms. The fourth-order valence-electron chi connectivity index (χ4n) is 6.50. The number of para-hydroxylation sites is 1. The van der Waals surface area contributed by atoms with E-state index in [2.05, 4.69) is 41.5 Å². The molecule has 5 rings (SSSR count). The molecule has 0 N–H and O–H groups in total. The summed E-state index contributed by atoms with van der Waals surface area (Å²) in [4.78, 5) is 28.0. The molecular formula is C35H38N2O5SSi. The zero-order valence-electron chi connectivity index (χ0n) is 25.9. The predicted molar refractivity (Wildman–Crippen MR) is 177 cm³/mol. The Labute approximate surface area is 260 Å². The van der Waals surface area contributed by atoms with Crippen LogP contribution in [0.3, 0.4) is 0 Å². The molecule has 1 aliphatic heterocycles. The van der Waals surface area contributed by atoms with Crippen LogP contribution in [0, 0.1) is 0 Å². The van der Waals surface area contributed by atoms with Gasteiger partial charge in [0.2, 0.25) is 0 Å². The van der Waals surface area contributed by atoms with Crippen LogP contribution in [0.4, 0.5) is 0 Å². The molecular weight excluding hydrogens is 589 g/mol. The van der Waals surface area contributed by atoms with Crippen LogP contribution >= 0.6 is 0 Å². The standard InChI is InChI=1S/C35H38N2O5SSi/c1-24(2)44(25(3)4,26(5)6)42-28(23-36-34(38)31-17-10-11-18-32(31)35(36)39)21-20-27-22-37(33-19-13-12-16-30(27)33)43(40,41)29-14-8-7-9-15-29/h7-26H,1-6H3/b21-20+,28-23+. The van der Waals surface area contributed by atoms with Gasteiger partial charge in [-0.15, -0.1) is 0 Å². The van der Waals surface area contributed by atoms with Crippen LogP contribution in [0.25, 0.3) is 17.0 Å². The van der Waals surface area contributed by atoms with Crippen LogP contribution in [0.5, 0.6) is 0 Å². The number of imide groups is 1. The van der Waals surface area contributed by atoms with Gasteiger partial charge >= 0.3 is 0 Å². The molecule has 3 aromatic carbocycles. The topological polar surface area (TPSA) is 85.7 Å². The van der Waals surface area contributed by atoms with Crippen molar-refractivity contribution in [1.82, 2.24) is 8.87 Å². The number of hydrogen-bond donors (Lipinski definition) is 0. The molecule has 0 unspecified atom stereocenters. The van der Waals surface area contributed by atoms with Gasteiger partial charge in [0, 0.05) is 17.1 Å². The van der Waals surface area contributed by atoms with Crippen molar-refractivity contribution in [3.8, 4) is 0 Å². The lowest BCUT2D eigenvalue weighted by molar-refractivity contribution is 0.0716. The molecule has 0 saturated carbocycles. The Morgan fingerprint density at radius 1 is 0.750 bits per heavy atom. The number of allylic oxidation sites excluding steroid dienone is 1. The normalized spacial score (nSPS) is 14.6. The summed E-state index contributed by atoms with van der Waals surface area (Å²) in [6, 6.07) is 22.4. The molecule has 228 valence electrons. The smallest absolute Gasteiger partial charge is 0.268 e. The van der Waals surface area contributed by atoms with Gasteiger partial charge in [0.25, 0.3) is 30.2 Å². The van der Waals surface area contributed by atoms with E-state index in [-0.39, 0.29) is 21.5 Å². The monoisotopic (exact) mass is 626 g/mol. The molecule has 9 heteroatoms. The van der Waals surface area contributed by atoms with E-state index in [9.17, 15) is 18.0 Å². The Hall–Kier alpha value is -4.21. The molecule has 0 aliphatic carbocycles. The predicted octanol–water partition coefficient (Wildman–Crippen LogP) is 8.22. The van der Waals surface area contributed by atoms with Crippen molar-refractivity contribution in [3.05, 3.63) is 120 Å². The van der Waals surface area contributed by atoms with Gasteiger partial charge in [0.05, 0.1) is 27.7 Å². The summed E-state index contributed by atoms with van der Waals surface area (Å²) < 4.78 is 35.6. The van der Waals surface area contributed by atoms with Gasteiger partial charge < -0.3 is 4.43 Å². The van der Waals surface area contributed by atoms with E-state index in [1.54, 1.807) is 85.1 Å². The molecule has 0 saturated heterocycles. The van der Waals surface area contributed by atoms with E-state index in [1.807, 2.05) is 12.1 Å². The van der Waals surface area contributed by atoms with Crippen LogP contribution in [-0.2, 0) is 14.4 Å². The summed E-state index contributed by atoms with van der Waals surface area (Å²) in [7, 11) is -6.38. The van der Waals surface area contributed by atoms with Crippen LogP contribution in [0.2, 0.25) is 16.6 Å². The number of rotatable bonds is 10. The van der Waals surface area contributed by atoms with Crippen LogP contribution < -0.4 is 0 Å². The molecule has 2 heterocycles. The first-order chi connectivity index (χ1) is 20.9. The Bertz CT molecular complexity index is 1830. The van der Waals surface area contributed by atoms with Crippen LogP contribution in [0.15, 0.2) is 108 Å². The van der Waals surface area contributed by atoms with Crippen molar-refractivity contribution in [2.24, 2.45) is 0 Å². The van der Waals surface area contributed by atoms with Crippen molar-refractivity contribution in [3.63, 3.8) is 0 Å². The summed E-state index contributed by atoms with van der Waals surface area (Å²) in [6.07, 6.45) is 6.64. The maximum absolute atomic E-state index is 13.6. The number of carbonyl (C=O) groups is 2. The maximum Gasteiger partial charge on any atom is 0.268 e. The highest BCUT2D eigenvalue weighted by atomic mass is 32.2. The molecule has 7 nitrogen and oxygen atoms in total. The van der Waals surface area contributed by atoms with Crippen LogP contribution in [-0.4, -0.2) is 37.4 Å². The molecule has 4 aromatic rings. The number of carbonyl (C=O) groups excluding carboxylic acids is 2. The van der Waals surface area contributed by atoms with E-state index in [4.69, 9.17) is 4.43 Å². The van der Waals surface area contributed by atoms with Crippen molar-refractivity contribution < 1.29 is 22.4 Å². The van der Waals surface area contributed by atoms with Crippen LogP contribution in [0.1, 0.15) is 67.8 Å². The summed E-state index contributed by atoms with van der Waals surface area (Å²) in [5.41, 5.74) is 2.61. The molecule has 0 radical (unpaired) electrons. The number of nitrogens with zero attached hydrogens (tertiary/aromatic N) is 2. The highest BCUT2D eigenvalue weighted by Gasteiger charge is 2.47. The Morgan fingerprint density at radius 2 is 1.27 bits per heavy atom. The first kappa shape index (κ1) is 31.2. The lowest BCUT2D eigenvalue weighted by atomic mass is 10.1. The number of fused-ring (bicyclic) bond motifs is 2. The summed E-state index contributed by atoms with van der Waals surface area (Å²) in [5.74, 6) is -0.432. The van der Waals surface area contributed by atoms with Crippen molar-refractivity contribution >= 4 is 47.1 Å². The number of amides is 2. The fraction of sp³-hybridized carbons (Fsp3) is 0.257. The first-order valence-electron chi connectivity index (χ1n) is 14.9. The van der Waals surface area contributed by atoms with Gasteiger partial charge in [-0.05, 0) is 59.1 Å². The summed E-state index contributed by atoms with van der Waals surface area (Å²) in [5, 5.41) is 0.739. The molecule has 1 aliphatic rings. The zero-order valence-corrected chi connectivity index (χ0v) is 27.7. The van der Waals surface area contributed by atoms with Gasteiger partial charge in [0.1, 0.15) is 5.76 Å². The SMILES string of the molecule is CC(C)[Si](OC(/C=C/c1cn(S(=O)(=O)c2ccccc2)c2ccccc12)=C/N1C(=O)c2ccccc2C1=O)(C(C)C)C(C)C. The van der Waals surface area contributed by atoms with Gasteiger partial charge in [-0.3, -0.25) is 9.59 Å². The number of hydrogen-bond acceptors (Lipinski definition) is 5. The zero-order chi connectivity index (χ0) is 31.8. The molecule has 0 atom stereocenters. The van der Waals surface area contributed by atoms with Crippen molar-refractivity contribution in [2.45, 2.75) is 63.1 Å². The van der Waals surface area contributed by atoms with Gasteiger partial charge in [0.15, 0.2) is 0 Å². The molecule has 0 spiro atoms. The maximum atomic E-state index is 13.6. The lowest BCUT2D eigenvalue weighted by Gasteiger charge is -2.42. The second-order valence-electron chi connectivity index (χ2n) is 12.0. The van der Waals surface area contributed by atoms with Gasteiger partial charge in [-0.25, -0.2) is 17.3 Å². The highest BCUT2D eigenvalue weighted by Crippen LogP contribution is 2.44. The molecule has 1 aromatic heterocycles. The molecule has 0 fully saturated rings. The van der Waals surface area contributed by atoms with Crippen molar-refractivity contribution in [2.75, 3.05) is 0 Å². The third kappa shape index (κ3) is 5.35. The lowest BCUT2D eigenvalue weighted by Crippen LogP contribution is -2.47. The second-order valence-corrected chi connectivity index (χ2v) is 19.2. The third-order valence-corrected chi connectivity index (χ3v) is 16.2. The van der Waals surface area contributed by atoms with E-state index in [0.29, 0.717) is 28.0 Å². The van der Waals surface area contributed by atoms with E-state index in [1.165, 1.54) is 10.2 Å². The average molecular weight is 627 g/mol. The minimum Gasteiger partial charge on any atom is -0.542 e. The van der Waals surface area contributed by atoms with Gasteiger partial charge in [-0.1, -0.05) is 90.1 Å². The first-order valence-corrected chi connectivity index (χ1v) is 18.4. The quantitative estimate of drug-likeness (QED) is 0.0766. The number of benzene rings is 3. The van der Waals surface area contributed by atoms with E-state index >= 15 is 0 Å². The Morgan fingerprint density at radius 3 is 1.84 bits per heavy atom. The largest absolute Gasteiger partial charge is 0.542 e. The average Bonchev–Trinajstić information content (AvgIpc) is 3.50. The minimum absolute atomic E-state index is 0.187. The summed E-state index contributed by atoms with van der Waals surface area (Å²) in [6.45, 7) is 13.0. The van der Waals surface area contributed by atoms with Crippen molar-refractivity contribution in [1.29, 1.82) is 0 Å².